The second-order valence-corrected chi connectivity index (χ2v) is 4.15. The molecule has 1 aromatic carbocycles. The van der Waals surface area contributed by atoms with Crippen molar-refractivity contribution in [1.82, 2.24) is 9.97 Å². The van der Waals surface area contributed by atoms with Gasteiger partial charge in [0, 0.05) is 5.56 Å². The number of ether oxygens (including phenoxy) is 1. The molecule has 0 amide bonds. The Hall–Kier alpha value is -1.33. The fraction of sp³-hybridized carbons (Fsp3) is 0.182. The second-order valence-electron chi connectivity index (χ2n) is 3.30. The number of aromatic amines is 1. The fourth-order valence-corrected chi connectivity index (χ4v) is 1.99. The third-order valence-electron chi connectivity index (χ3n) is 2.28. The molecule has 5 heteroatoms. The number of H-pyrrole nitrogens is 1. The van der Waals surface area contributed by atoms with E-state index in [0.717, 1.165) is 27.3 Å². The van der Waals surface area contributed by atoms with E-state index in [4.69, 9.17) is 10.5 Å². The first-order valence-corrected chi connectivity index (χ1v) is 5.61. The van der Waals surface area contributed by atoms with Crippen molar-refractivity contribution in [3.8, 4) is 17.0 Å². The van der Waals surface area contributed by atoms with Gasteiger partial charge in [-0.2, -0.15) is 0 Å². The Morgan fingerprint density at radius 1 is 1.50 bits per heavy atom. The van der Waals surface area contributed by atoms with Crippen LogP contribution in [0.25, 0.3) is 11.3 Å². The number of rotatable bonds is 3. The number of halogens is 1. The molecule has 0 aliphatic heterocycles. The molecule has 0 saturated carbocycles. The van der Waals surface area contributed by atoms with Crippen LogP contribution < -0.4 is 10.5 Å². The summed E-state index contributed by atoms with van der Waals surface area (Å²) in [5.74, 6) is 1.59. The van der Waals surface area contributed by atoms with Crippen molar-refractivity contribution in [2.24, 2.45) is 5.73 Å². The van der Waals surface area contributed by atoms with Crippen molar-refractivity contribution in [3.05, 3.63) is 34.7 Å². The van der Waals surface area contributed by atoms with Crippen LogP contribution in [0.4, 0.5) is 0 Å². The summed E-state index contributed by atoms with van der Waals surface area (Å²) in [5, 5.41) is 0. The standard InChI is InChI=1S/C11H12BrN3O/c1-16-10-3-2-7(4-8(10)12)9-6-14-11(5-13)15-9/h2-4,6H,5,13H2,1H3,(H,14,15). The van der Waals surface area contributed by atoms with E-state index in [-0.39, 0.29) is 0 Å². The van der Waals surface area contributed by atoms with E-state index in [1.165, 1.54) is 0 Å². The lowest BCUT2D eigenvalue weighted by molar-refractivity contribution is 0.412. The highest BCUT2D eigenvalue weighted by Crippen LogP contribution is 2.29. The van der Waals surface area contributed by atoms with Crippen LogP contribution in [0.5, 0.6) is 5.75 Å². The third-order valence-corrected chi connectivity index (χ3v) is 2.90. The maximum atomic E-state index is 5.49. The molecule has 0 aliphatic carbocycles. The molecule has 0 spiro atoms. The highest BCUT2D eigenvalue weighted by Gasteiger charge is 2.05. The van der Waals surface area contributed by atoms with Crippen LogP contribution in [0.3, 0.4) is 0 Å². The van der Waals surface area contributed by atoms with Gasteiger partial charge in [-0.1, -0.05) is 0 Å². The number of hydrogen-bond acceptors (Lipinski definition) is 3. The normalized spacial score (nSPS) is 10.4. The molecule has 0 fully saturated rings. The van der Waals surface area contributed by atoms with Gasteiger partial charge in [0.05, 0.1) is 30.0 Å². The summed E-state index contributed by atoms with van der Waals surface area (Å²) in [7, 11) is 1.64. The molecule has 1 heterocycles. The highest BCUT2D eigenvalue weighted by molar-refractivity contribution is 9.10. The van der Waals surface area contributed by atoms with E-state index in [9.17, 15) is 0 Å². The van der Waals surface area contributed by atoms with Crippen molar-refractivity contribution < 1.29 is 4.74 Å². The number of benzene rings is 1. The highest BCUT2D eigenvalue weighted by atomic mass is 79.9. The molecule has 0 unspecified atom stereocenters. The molecular formula is C11H12BrN3O. The number of nitrogens with two attached hydrogens (primary N) is 1. The topological polar surface area (TPSA) is 63.9 Å². The first-order chi connectivity index (χ1) is 7.74. The van der Waals surface area contributed by atoms with Crippen LogP contribution in [0.2, 0.25) is 0 Å². The van der Waals surface area contributed by atoms with Crippen molar-refractivity contribution in [2.75, 3.05) is 7.11 Å². The van der Waals surface area contributed by atoms with Crippen molar-refractivity contribution in [3.63, 3.8) is 0 Å². The molecule has 16 heavy (non-hydrogen) atoms. The molecule has 2 aromatic rings. The minimum atomic E-state index is 0.414. The Kier molecular flexibility index (Phi) is 3.26. The zero-order chi connectivity index (χ0) is 11.5. The molecule has 0 aliphatic rings. The summed E-state index contributed by atoms with van der Waals surface area (Å²) in [6.07, 6.45) is 1.77. The summed E-state index contributed by atoms with van der Waals surface area (Å²) in [5.41, 5.74) is 7.48. The molecule has 2 rings (SSSR count). The number of methoxy groups -OCH3 is 1. The summed E-state index contributed by atoms with van der Waals surface area (Å²) in [4.78, 5) is 7.30. The predicted molar refractivity (Wildman–Crippen MR) is 66.2 cm³/mol. The van der Waals surface area contributed by atoms with Gasteiger partial charge in [0.2, 0.25) is 0 Å². The van der Waals surface area contributed by atoms with Crippen LogP contribution in [-0.4, -0.2) is 17.1 Å². The van der Waals surface area contributed by atoms with Crippen LogP contribution in [0, 0.1) is 0 Å². The van der Waals surface area contributed by atoms with Gasteiger partial charge in [0.25, 0.3) is 0 Å². The Morgan fingerprint density at radius 2 is 2.31 bits per heavy atom. The number of nitrogens with one attached hydrogen (secondary N) is 1. The minimum Gasteiger partial charge on any atom is -0.496 e. The van der Waals surface area contributed by atoms with Crippen molar-refractivity contribution in [2.45, 2.75) is 6.54 Å². The van der Waals surface area contributed by atoms with E-state index >= 15 is 0 Å². The third kappa shape index (κ3) is 2.10. The Bertz CT molecular complexity index is 496. The Morgan fingerprint density at radius 3 is 2.88 bits per heavy atom. The SMILES string of the molecule is COc1ccc(-c2cnc(CN)[nH]2)cc1Br. The van der Waals surface area contributed by atoms with E-state index in [2.05, 4.69) is 25.9 Å². The maximum Gasteiger partial charge on any atom is 0.133 e. The lowest BCUT2D eigenvalue weighted by atomic mass is 10.2. The van der Waals surface area contributed by atoms with E-state index in [1.807, 2.05) is 18.2 Å². The summed E-state index contributed by atoms with van der Waals surface area (Å²) in [6, 6.07) is 5.85. The lowest BCUT2D eigenvalue weighted by Crippen LogP contribution is -1.97. The van der Waals surface area contributed by atoms with Gasteiger partial charge in [-0.15, -0.1) is 0 Å². The van der Waals surface area contributed by atoms with Crippen molar-refractivity contribution >= 4 is 15.9 Å². The molecule has 3 N–H and O–H groups in total. The Balaban J connectivity index is 2.37. The van der Waals surface area contributed by atoms with Gasteiger partial charge >= 0.3 is 0 Å². The quantitative estimate of drug-likeness (QED) is 0.908. The summed E-state index contributed by atoms with van der Waals surface area (Å²) in [6.45, 7) is 0.414. The zero-order valence-corrected chi connectivity index (χ0v) is 10.4. The number of imidazole rings is 1. The van der Waals surface area contributed by atoms with Gasteiger partial charge in [-0.25, -0.2) is 4.98 Å². The zero-order valence-electron chi connectivity index (χ0n) is 8.83. The Labute approximate surface area is 102 Å². The van der Waals surface area contributed by atoms with Crippen LogP contribution in [0.15, 0.2) is 28.9 Å². The monoisotopic (exact) mass is 281 g/mol. The van der Waals surface area contributed by atoms with Gasteiger partial charge in [-0.3, -0.25) is 0 Å². The largest absolute Gasteiger partial charge is 0.496 e. The van der Waals surface area contributed by atoms with Crippen LogP contribution in [0.1, 0.15) is 5.82 Å². The first-order valence-electron chi connectivity index (χ1n) is 4.82. The number of nitrogens with zero attached hydrogens (tertiary/aromatic N) is 1. The number of aromatic nitrogens is 2. The molecule has 84 valence electrons. The van der Waals surface area contributed by atoms with Gasteiger partial charge in [0.15, 0.2) is 0 Å². The van der Waals surface area contributed by atoms with Crippen LogP contribution in [-0.2, 0) is 6.54 Å². The smallest absolute Gasteiger partial charge is 0.133 e. The number of hydrogen-bond donors (Lipinski definition) is 2. The molecule has 0 saturated heterocycles. The van der Waals surface area contributed by atoms with Gasteiger partial charge < -0.3 is 15.5 Å². The maximum absolute atomic E-state index is 5.49. The van der Waals surface area contributed by atoms with Crippen molar-refractivity contribution in [1.29, 1.82) is 0 Å². The fourth-order valence-electron chi connectivity index (χ4n) is 1.45. The molecule has 0 radical (unpaired) electrons. The van der Waals surface area contributed by atoms with E-state index < -0.39 is 0 Å². The van der Waals surface area contributed by atoms with E-state index in [1.54, 1.807) is 13.3 Å². The summed E-state index contributed by atoms with van der Waals surface area (Å²) >= 11 is 3.44. The predicted octanol–water partition coefficient (Wildman–Crippen LogP) is 2.31. The minimum absolute atomic E-state index is 0.414. The second kappa shape index (κ2) is 4.67. The molecular weight excluding hydrogens is 270 g/mol. The average Bonchev–Trinajstić information content (AvgIpc) is 2.77. The average molecular weight is 282 g/mol. The summed E-state index contributed by atoms with van der Waals surface area (Å²) < 4.78 is 6.08. The molecule has 1 aromatic heterocycles. The van der Waals surface area contributed by atoms with Gasteiger partial charge in [0.1, 0.15) is 11.6 Å². The molecule has 0 atom stereocenters. The lowest BCUT2D eigenvalue weighted by Gasteiger charge is -2.04. The first kappa shape index (κ1) is 11.2. The van der Waals surface area contributed by atoms with Gasteiger partial charge in [-0.05, 0) is 34.1 Å². The molecule has 0 bridgehead atoms. The van der Waals surface area contributed by atoms with Crippen LogP contribution >= 0.6 is 15.9 Å². The van der Waals surface area contributed by atoms with E-state index in [0.29, 0.717) is 6.54 Å². The molecule has 4 nitrogen and oxygen atoms in total.